The molecule has 7 N–H and O–H groups in total. The summed E-state index contributed by atoms with van der Waals surface area (Å²) >= 11 is 0. The van der Waals surface area contributed by atoms with Crippen LogP contribution < -0.4 is 14.2 Å². The smallest absolute Gasteiger partial charge is 0.229 e. The van der Waals surface area contributed by atoms with Crippen LogP contribution in [0.25, 0.3) is 0 Å². The van der Waals surface area contributed by atoms with Gasteiger partial charge in [-0.2, -0.15) is 0 Å². The quantitative estimate of drug-likeness (QED) is 0.199. The Balaban J connectivity index is 1.37. The van der Waals surface area contributed by atoms with Gasteiger partial charge in [-0.05, 0) is 31.5 Å². The van der Waals surface area contributed by atoms with Gasteiger partial charge in [0, 0.05) is 11.1 Å². The van der Waals surface area contributed by atoms with Crippen LogP contribution in [0.4, 0.5) is 0 Å². The molecule has 0 spiro atoms. The van der Waals surface area contributed by atoms with Gasteiger partial charge in [-0.25, -0.2) is 0 Å². The molecule has 2 aromatic rings. The Labute approximate surface area is 246 Å². The summed E-state index contributed by atoms with van der Waals surface area (Å²) in [6.45, 7) is 1.46. The van der Waals surface area contributed by atoms with Crippen LogP contribution >= 0.6 is 0 Å². The molecule has 2 saturated heterocycles. The lowest BCUT2D eigenvalue weighted by Gasteiger charge is -2.41. The zero-order chi connectivity index (χ0) is 31.2. The van der Waals surface area contributed by atoms with Crippen molar-refractivity contribution in [3.05, 3.63) is 46.5 Å². The van der Waals surface area contributed by atoms with E-state index < -0.39 is 74.6 Å². The average molecular weight is 609 g/mol. The van der Waals surface area contributed by atoms with Crippen LogP contribution in [0.2, 0.25) is 0 Å². The Bertz CT molecular complexity index is 1330. The Kier molecular flexibility index (Phi) is 8.87. The summed E-state index contributed by atoms with van der Waals surface area (Å²) in [5.41, 5.74) is -0.742. The first kappa shape index (κ1) is 31.4. The summed E-state index contributed by atoms with van der Waals surface area (Å²) in [7, 11) is 1.54. The van der Waals surface area contributed by atoms with E-state index in [-0.39, 0.29) is 40.6 Å². The van der Waals surface area contributed by atoms with E-state index in [0.29, 0.717) is 16.9 Å². The fourth-order valence-corrected chi connectivity index (χ4v) is 5.41. The van der Waals surface area contributed by atoms with Crippen molar-refractivity contribution in [1.82, 2.24) is 0 Å². The second-order valence-corrected chi connectivity index (χ2v) is 11.0. The van der Waals surface area contributed by atoms with Crippen molar-refractivity contribution in [2.24, 2.45) is 0 Å². The number of hydrogen-bond donors (Lipinski definition) is 7. The highest BCUT2D eigenvalue weighted by Crippen LogP contribution is 2.48. The van der Waals surface area contributed by atoms with E-state index in [1.807, 2.05) is 0 Å². The topological polar surface area (TPSA) is 214 Å². The van der Waals surface area contributed by atoms with E-state index in [9.17, 15) is 40.5 Å². The average Bonchev–Trinajstić information content (AvgIpc) is 3.30. The number of ketones is 1. The summed E-state index contributed by atoms with van der Waals surface area (Å²) in [6.07, 6.45) is -11.7. The molecule has 9 atom stereocenters. The number of phenolic OH excluding ortho intramolecular Hbond substituents is 1. The molecular weight excluding hydrogens is 572 g/mol. The molecule has 3 aliphatic rings. The number of fused-ring (bicyclic) bond motifs is 1. The van der Waals surface area contributed by atoms with E-state index in [1.165, 1.54) is 14.0 Å². The van der Waals surface area contributed by atoms with Crippen molar-refractivity contribution in [1.29, 1.82) is 0 Å². The minimum Gasteiger partial charge on any atom is -0.507 e. The van der Waals surface area contributed by atoms with Crippen molar-refractivity contribution in [3.8, 4) is 23.0 Å². The van der Waals surface area contributed by atoms with Crippen molar-refractivity contribution < 1.29 is 69.0 Å². The van der Waals surface area contributed by atoms with E-state index in [1.54, 1.807) is 31.2 Å². The first-order valence-electron chi connectivity index (χ1n) is 13.7. The van der Waals surface area contributed by atoms with Gasteiger partial charge in [-0.3, -0.25) is 4.79 Å². The maximum absolute atomic E-state index is 13.2. The third-order valence-electron chi connectivity index (χ3n) is 8.15. The number of benzene rings is 2. The number of carbonyl (C=O) groups is 1. The second kappa shape index (κ2) is 12.1. The summed E-state index contributed by atoms with van der Waals surface area (Å²) in [5.74, 6) is 0.0285. The van der Waals surface area contributed by atoms with Gasteiger partial charge >= 0.3 is 0 Å². The molecule has 3 heterocycles. The Morgan fingerprint density at radius 2 is 1.70 bits per heavy atom. The Morgan fingerprint density at radius 1 is 1.00 bits per heavy atom. The normalized spacial score (nSPS) is 34.0. The highest BCUT2D eigenvalue weighted by Gasteiger charge is 2.50. The van der Waals surface area contributed by atoms with Crippen LogP contribution in [-0.2, 0) is 14.2 Å². The number of Topliss-reactive ketones (excluding diaryl/α,β-unsaturated/α-hetero) is 1. The van der Waals surface area contributed by atoms with Gasteiger partial charge in [-0.1, -0.05) is 12.1 Å². The third-order valence-corrected chi connectivity index (χ3v) is 8.15. The number of phenols is 1. The molecule has 0 aliphatic carbocycles. The number of aliphatic hydroxyl groups is 6. The fourth-order valence-electron chi connectivity index (χ4n) is 5.41. The molecule has 0 saturated carbocycles. The van der Waals surface area contributed by atoms with Gasteiger partial charge in [0.15, 0.2) is 12.1 Å². The van der Waals surface area contributed by atoms with E-state index in [2.05, 4.69) is 0 Å². The zero-order valence-electron chi connectivity index (χ0n) is 23.7. The van der Waals surface area contributed by atoms with Crippen LogP contribution in [0.1, 0.15) is 39.6 Å². The molecule has 14 nitrogen and oxygen atoms in total. The molecule has 236 valence electrons. The van der Waals surface area contributed by atoms with Crippen LogP contribution in [0.3, 0.4) is 0 Å². The molecule has 43 heavy (non-hydrogen) atoms. The van der Waals surface area contributed by atoms with Gasteiger partial charge in [0.2, 0.25) is 6.29 Å². The molecule has 14 heteroatoms. The van der Waals surface area contributed by atoms with Crippen LogP contribution in [0.5, 0.6) is 23.0 Å². The molecule has 3 aliphatic heterocycles. The lowest BCUT2D eigenvalue weighted by molar-refractivity contribution is -0.289. The van der Waals surface area contributed by atoms with Crippen molar-refractivity contribution >= 4 is 5.78 Å². The molecule has 0 aromatic heterocycles. The maximum atomic E-state index is 13.2. The van der Waals surface area contributed by atoms with Gasteiger partial charge in [0.25, 0.3) is 0 Å². The maximum Gasteiger partial charge on any atom is 0.229 e. The molecule has 0 bridgehead atoms. The molecule has 5 rings (SSSR count). The number of hydrogen-bond acceptors (Lipinski definition) is 14. The number of carbonyl (C=O) groups excluding carboxylic acids is 1. The second-order valence-electron chi connectivity index (χ2n) is 11.0. The molecular formula is C29H36O14. The van der Waals surface area contributed by atoms with Crippen molar-refractivity contribution in [2.75, 3.05) is 26.9 Å². The third kappa shape index (κ3) is 5.66. The lowest BCUT2D eigenvalue weighted by Crippen LogP contribution is -2.60. The molecule has 3 unspecified atom stereocenters. The van der Waals surface area contributed by atoms with Gasteiger partial charge in [-0.15, -0.1) is 0 Å². The fraction of sp³-hybridized carbons (Fsp3) is 0.552. The van der Waals surface area contributed by atoms with Crippen molar-refractivity contribution in [3.63, 3.8) is 0 Å². The monoisotopic (exact) mass is 608 g/mol. The Morgan fingerprint density at radius 3 is 2.33 bits per heavy atom. The summed E-state index contributed by atoms with van der Waals surface area (Å²) in [5, 5.41) is 72.4. The predicted octanol–water partition coefficient (Wildman–Crippen LogP) is -0.632. The predicted molar refractivity (Wildman–Crippen MR) is 144 cm³/mol. The summed E-state index contributed by atoms with van der Waals surface area (Å²) in [4.78, 5) is 13.2. The standard InChI is InChI=1S/C29H36O14/c1-12-20(32)19-16(31)8-17(14-4-6-15(38-3)7-5-14)41-25(19)13(2)24(12)43-27-23(35)22(34)21(33)18(42-27)9-39-28-26(36)29(37,10-30)11-40-28/h4-7,17-18,21-23,26-28,30,32-37H,8-11H2,1-3H3/t17-,18?,21+,22-,23?,26+,27-,28+,29?/m0/s1. The van der Waals surface area contributed by atoms with Gasteiger partial charge < -0.3 is 64.2 Å². The molecule has 2 aromatic carbocycles. The van der Waals surface area contributed by atoms with E-state index in [4.69, 9.17) is 28.4 Å². The highest BCUT2D eigenvalue weighted by molar-refractivity contribution is 6.03. The summed E-state index contributed by atoms with van der Waals surface area (Å²) < 4.78 is 33.7. The zero-order valence-corrected chi connectivity index (χ0v) is 23.7. The molecule has 0 radical (unpaired) electrons. The highest BCUT2D eigenvalue weighted by atomic mass is 16.7. The lowest BCUT2D eigenvalue weighted by atomic mass is 9.91. The van der Waals surface area contributed by atoms with E-state index in [0.717, 1.165) is 0 Å². The minimum atomic E-state index is -1.93. The first-order valence-corrected chi connectivity index (χ1v) is 13.7. The summed E-state index contributed by atoms with van der Waals surface area (Å²) in [6, 6.07) is 7.01. The van der Waals surface area contributed by atoms with Crippen molar-refractivity contribution in [2.45, 2.75) is 75.1 Å². The van der Waals surface area contributed by atoms with Crippen LogP contribution in [0, 0.1) is 13.8 Å². The minimum absolute atomic E-state index is 0.00286. The number of methoxy groups -OCH3 is 1. The van der Waals surface area contributed by atoms with Crippen LogP contribution in [-0.4, -0.2) is 117 Å². The number of aromatic hydroxyl groups is 1. The van der Waals surface area contributed by atoms with Crippen LogP contribution in [0.15, 0.2) is 24.3 Å². The molecule has 0 amide bonds. The number of ether oxygens (including phenoxy) is 6. The number of rotatable bonds is 8. The molecule has 2 fully saturated rings. The first-order chi connectivity index (χ1) is 20.4. The largest absolute Gasteiger partial charge is 0.507 e. The SMILES string of the molecule is COc1ccc([C@@H]2CC(=O)c3c(O)c(C)c(O[C@@H]4OC(CO[C@@H]5OCC(O)(CO)[C@@H]5O)[C@@H](O)[C@H](O)C4O)c(C)c3O2)cc1. The Hall–Kier alpha value is -3.05. The van der Waals surface area contributed by atoms with Gasteiger partial charge in [0.1, 0.15) is 70.8 Å². The van der Waals surface area contributed by atoms with E-state index >= 15 is 0 Å². The number of aliphatic hydroxyl groups excluding tert-OH is 5. The van der Waals surface area contributed by atoms with Gasteiger partial charge in [0.05, 0.1) is 33.4 Å².